The predicted molar refractivity (Wildman–Crippen MR) is 95.5 cm³/mol. The molecule has 0 spiro atoms. The first-order valence-electron chi connectivity index (χ1n) is 8.45. The van der Waals surface area contributed by atoms with E-state index in [0.29, 0.717) is 24.9 Å². The fraction of sp³-hybridized carbons (Fsp3) is 0.238. The summed E-state index contributed by atoms with van der Waals surface area (Å²) in [5.41, 5.74) is 1.56. The first kappa shape index (κ1) is 15.8. The van der Waals surface area contributed by atoms with Crippen LogP contribution in [-0.4, -0.2) is 22.8 Å². The number of hydrogen-bond donors (Lipinski definition) is 0. The van der Waals surface area contributed by atoms with E-state index in [2.05, 4.69) is 4.98 Å². The van der Waals surface area contributed by atoms with E-state index in [1.165, 1.54) is 6.07 Å². The summed E-state index contributed by atoms with van der Waals surface area (Å²) in [6, 6.07) is 18.4. The molecule has 0 unspecified atom stereocenters. The molecule has 4 heteroatoms. The van der Waals surface area contributed by atoms with Gasteiger partial charge in [0, 0.05) is 18.0 Å². The summed E-state index contributed by atoms with van der Waals surface area (Å²) >= 11 is 0. The van der Waals surface area contributed by atoms with Crippen molar-refractivity contribution in [3.05, 3.63) is 77.7 Å². The maximum absolute atomic E-state index is 14.2. The maximum atomic E-state index is 14.2. The van der Waals surface area contributed by atoms with E-state index in [4.69, 9.17) is 0 Å². The number of likely N-dealkylation sites (N-methyl/N-ethyl adjacent to an activating group) is 1. The summed E-state index contributed by atoms with van der Waals surface area (Å²) in [6.07, 6.45) is 1.39. The number of para-hydroxylation sites is 1. The number of hydrogen-bond acceptors (Lipinski definition) is 2. The van der Waals surface area contributed by atoms with Crippen molar-refractivity contribution in [2.24, 2.45) is 0 Å². The number of carbonyl (C=O) groups is 1. The highest BCUT2D eigenvalue weighted by Gasteiger charge is 2.53. The lowest BCUT2D eigenvalue weighted by molar-refractivity contribution is -0.133. The fourth-order valence-corrected chi connectivity index (χ4v) is 3.45. The van der Waals surface area contributed by atoms with Gasteiger partial charge in [0.2, 0.25) is 5.91 Å². The van der Waals surface area contributed by atoms with E-state index >= 15 is 0 Å². The summed E-state index contributed by atoms with van der Waals surface area (Å²) in [5.74, 6) is -0.335. The van der Waals surface area contributed by atoms with Gasteiger partial charge in [0.25, 0.3) is 0 Å². The number of fused-ring (bicyclic) bond motifs is 1. The molecule has 0 radical (unpaired) electrons. The van der Waals surface area contributed by atoms with Gasteiger partial charge < -0.3 is 4.90 Å². The van der Waals surface area contributed by atoms with E-state index in [1.807, 2.05) is 36.4 Å². The summed E-state index contributed by atoms with van der Waals surface area (Å²) in [6.45, 7) is 0.417. The van der Waals surface area contributed by atoms with Crippen molar-refractivity contribution in [2.45, 2.75) is 24.8 Å². The largest absolute Gasteiger partial charge is 0.339 e. The number of rotatable bonds is 4. The average molecular weight is 334 g/mol. The number of aromatic nitrogens is 1. The summed E-state index contributed by atoms with van der Waals surface area (Å²) in [5, 5.41) is 1.07. The lowest BCUT2D eigenvalue weighted by Gasteiger charge is -2.24. The van der Waals surface area contributed by atoms with Gasteiger partial charge in [0.15, 0.2) is 0 Å². The number of nitrogens with zero attached hydrogens (tertiary/aromatic N) is 2. The van der Waals surface area contributed by atoms with Gasteiger partial charge in [-0.2, -0.15) is 0 Å². The minimum absolute atomic E-state index is 0.0347. The third-order valence-electron chi connectivity index (χ3n) is 4.95. The normalized spacial score (nSPS) is 15.1. The summed E-state index contributed by atoms with van der Waals surface area (Å²) in [7, 11) is 1.76. The van der Waals surface area contributed by atoms with Crippen LogP contribution in [0.4, 0.5) is 4.39 Å². The molecule has 1 heterocycles. The van der Waals surface area contributed by atoms with Crippen LogP contribution in [0.5, 0.6) is 0 Å². The molecule has 0 bridgehead atoms. The van der Waals surface area contributed by atoms with Gasteiger partial charge >= 0.3 is 0 Å². The van der Waals surface area contributed by atoms with Gasteiger partial charge in [-0.1, -0.05) is 42.5 Å². The third-order valence-corrected chi connectivity index (χ3v) is 4.95. The van der Waals surface area contributed by atoms with Gasteiger partial charge in [-0.05, 0) is 31.0 Å². The molecule has 1 aliphatic carbocycles. The Kier molecular flexibility index (Phi) is 3.75. The molecule has 0 atom stereocenters. The second-order valence-electron chi connectivity index (χ2n) is 6.72. The highest BCUT2D eigenvalue weighted by molar-refractivity contribution is 5.91. The molecule has 1 saturated carbocycles. The SMILES string of the molecule is CN(Cc1ccc2ccccc2n1)C(=O)C1(c2ccccc2F)CC1. The fourth-order valence-electron chi connectivity index (χ4n) is 3.45. The Labute approximate surface area is 146 Å². The topological polar surface area (TPSA) is 33.2 Å². The zero-order valence-electron chi connectivity index (χ0n) is 14.1. The van der Waals surface area contributed by atoms with Crippen molar-refractivity contribution in [2.75, 3.05) is 7.05 Å². The Balaban J connectivity index is 1.57. The van der Waals surface area contributed by atoms with Gasteiger partial charge in [-0.25, -0.2) is 4.39 Å². The molecular formula is C21H19FN2O. The van der Waals surface area contributed by atoms with Crippen LogP contribution in [0.3, 0.4) is 0 Å². The average Bonchev–Trinajstić information content (AvgIpc) is 3.43. The zero-order chi connectivity index (χ0) is 17.4. The first-order chi connectivity index (χ1) is 12.1. The molecule has 25 heavy (non-hydrogen) atoms. The van der Waals surface area contributed by atoms with Crippen molar-refractivity contribution >= 4 is 16.8 Å². The lowest BCUT2D eigenvalue weighted by atomic mass is 9.94. The van der Waals surface area contributed by atoms with Crippen molar-refractivity contribution in [3.8, 4) is 0 Å². The minimum Gasteiger partial charge on any atom is -0.339 e. The zero-order valence-corrected chi connectivity index (χ0v) is 14.1. The highest BCUT2D eigenvalue weighted by atomic mass is 19.1. The quantitative estimate of drug-likeness (QED) is 0.721. The van der Waals surface area contributed by atoms with Crippen molar-refractivity contribution < 1.29 is 9.18 Å². The van der Waals surface area contributed by atoms with Crippen LogP contribution >= 0.6 is 0 Å². The standard InChI is InChI=1S/C21H19FN2O/c1-24(14-16-11-10-15-6-2-5-9-19(15)23-16)20(25)21(12-13-21)17-7-3-4-8-18(17)22/h2-11H,12-14H2,1H3. The van der Waals surface area contributed by atoms with Crippen LogP contribution in [0, 0.1) is 5.82 Å². The third kappa shape index (κ3) is 2.78. The predicted octanol–water partition coefficient (Wildman–Crippen LogP) is 4.06. The molecule has 1 aromatic heterocycles. The molecule has 126 valence electrons. The van der Waals surface area contributed by atoms with E-state index in [9.17, 15) is 9.18 Å². The van der Waals surface area contributed by atoms with Crippen LogP contribution in [0.15, 0.2) is 60.7 Å². The molecule has 0 aliphatic heterocycles. The Morgan fingerprint density at radius 2 is 1.80 bits per heavy atom. The number of halogens is 1. The number of carbonyl (C=O) groups excluding carboxylic acids is 1. The number of amides is 1. The second-order valence-corrected chi connectivity index (χ2v) is 6.72. The Bertz CT molecular complexity index is 949. The summed E-state index contributed by atoms with van der Waals surface area (Å²) < 4.78 is 14.2. The van der Waals surface area contributed by atoms with E-state index < -0.39 is 5.41 Å². The minimum atomic E-state index is -0.697. The molecule has 1 amide bonds. The van der Waals surface area contributed by atoms with Crippen molar-refractivity contribution in [1.82, 2.24) is 9.88 Å². The lowest BCUT2D eigenvalue weighted by Crippen LogP contribution is -2.36. The molecule has 3 aromatic rings. The van der Waals surface area contributed by atoms with Crippen LogP contribution < -0.4 is 0 Å². The Morgan fingerprint density at radius 1 is 1.08 bits per heavy atom. The Hall–Kier alpha value is -2.75. The van der Waals surface area contributed by atoms with Crippen molar-refractivity contribution in [1.29, 1.82) is 0 Å². The molecule has 3 nitrogen and oxygen atoms in total. The van der Waals surface area contributed by atoms with Gasteiger partial charge in [-0.3, -0.25) is 9.78 Å². The van der Waals surface area contributed by atoms with Crippen LogP contribution in [0.25, 0.3) is 10.9 Å². The summed E-state index contributed by atoms with van der Waals surface area (Å²) in [4.78, 5) is 19.3. The van der Waals surface area contributed by atoms with Crippen LogP contribution in [0.1, 0.15) is 24.1 Å². The van der Waals surface area contributed by atoms with Crippen LogP contribution in [0.2, 0.25) is 0 Å². The monoisotopic (exact) mass is 334 g/mol. The second kappa shape index (κ2) is 5.96. The van der Waals surface area contributed by atoms with E-state index in [1.54, 1.807) is 30.1 Å². The molecule has 0 N–H and O–H groups in total. The molecule has 1 aliphatic rings. The molecule has 0 saturated heterocycles. The van der Waals surface area contributed by atoms with Gasteiger partial charge in [0.1, 0.15) is 5.82 Å². The first-order valence-corrected chi connectivity index (χ1v) is 8.45. The smallest absolute Gasteiger partial charge is 0.233 e. The van der Waals surface area contributed by atoms with Gasteiger partial charge in [0.05, 0.1) is 23.2 Å². The van der Waals surface area contributed by atoms with Gasteiger partial charge in [-0.15, -0.1) is 0 Å². The highest BCUT2D eigenvalue weighted by Crippen LogP contribution is 2.50. The van der Waals surface area contributed by atoms with Crippen LogP contribution in [-0.2, 0) is 16.8 Å². The number of pyridine rings is 1. The molecule has 4 rings (SSSR count). The molecule has 2 aromatic carbocycles. The molecular weight excluding hydrogens is 315 g/mol. The number of benzene rings is 2. The van der Waals surface area contributed by atoms with E-state index in [-0.39, 0.29) is 11.7 Å². The molecule has 1 fully saturated rings. The Morgan fingerprint density at radius 3 is 2.56 bits per heavy atom. The van der Waals surface area contributed by atoms with E-state index in [0.717, 1.165) is 16.6 Å². The maximum Gasteiger partial charge on any atom is 0.233 e. The van der Waals surface area contributed by atoms with Crippen molar-refractivity contribution in [3.63, 3.8) is 0 Å².